The van der Waals surface area contributed by atoms with Crippen LogP contribution in [-0.2, 0) is 4.79 Å². The lowest BCUT2D eigenvalue weighted by Crippen LogP contribution is -2.22. The number of benzene rings is 2. The first-order chi connectivity index (χ1) is 12.6. The van der Waals surface area contributed by atoms with Gasteiger partial charge in [-0.2, -0.15) is 0 Å². The van der Waals surface area contributed by atoms with E-state index in [0.717, 1.165) is 15.9 Å². The minimum atomic E-state index is -0.295. The van der Waals surface area contributed by atoms with E-state index in [0.29, 0.717) is 17.2 Å². The molecular weight excluding hydrogens is 348 g/mol. The Hall–Kier alpha value is -2.73. The standard InChI is InChI=1S/C20H20N2O3S/c1-13(26-19-11-8-14-6-4-5-7-16(14)22-19)20(23)21-15-9-10-17(24-2)18(12-15)25-3/h4-13H,1-3H3,(H,21,23)/t13-/m0/s1. The normalized spacial score (nSPS) is 11.8. The molecule has 0 aliphatic carbocycles. The number of ether oxygens (including phenoxy) is 2. The Bertz CT molecular complexity index is 930. The molecule has 1 amide bonds. The summed E-state index contributed by atoms with van der Waals surface area (Å²) in [6, 6.07) is 17.2. The van der Waals surface area contributed by atoms with Crippen molar-refractivity contribution >= 4 is 34.3 Å². The number of anilines is 1. The van der Waals surface area contributed by atoms with E-state index in [1.54, 1.807) is 32.4 Å². The second kappa shape index (κ2) is 8.10. The Morgan fingerprint density at radius 3 is 2.58 bits per heavy atom. The molecule has 3 rings (SSSR count). The van der Waals surface area contributed by atoms with E-state index in [4.69, 9.17) is 9.47 Å². The molecule has 26 heavy (non-hydrogen) atoms. The minimum absolute atomic E-state index is 0.0998. The summed E-state index contributed by atoms with van der Waals surface area (Å²) in [5.74, 6) is 1.09. The number of para-hydroxylation sites is 1. The zero-order chi connectivity index (χ0) is 18.5. The first-order valence-corrected chi connectivity index (χ1v) is 9.04. The highest BCUT2D eigenvalue weighted by Crippen LogP contribution is 2.30. The molecule has 6 heteroatoms. The number of amides is 1. The number of rotatable bonds is 6. The third-order valence-electron chi connectivity index (χ3n) is 3.89. The molecule has 1 aromatic heterocycles. The highest BCUT2D eigenvalue weighted by molar-refractivity contribution is 8.00. The quantitative estimate of drug-likeness (QED) is 0.655. The number of aromatic nitrogens is 1. The van der Waals surface area contributed by atoms with Crippen molar-refractivity contribution in [1.82, 2.24) is 4.98 Å². The number of nitrogens with one attached hydrogen (secondary N) is 1. The van der Waals surface area contributed by atoms with Crippen LogP contribution in [-0.4, -0.2) is 30.4 Å². The SMILES string of the molecule is COc1ccc(NC(=O)[C@H](C)Sc2ccc3ccccc3n2)cc1OC. The number of carbonyl (C=O) groups excluding carboxylic acids is 1. The fourth-order valence-electron chi connectivity index (χ4n) is 2.51. The molecule has 0 unspecified atom stereocenters. The molecule has 0 radical (unpaired) electrons. The second-order valence-electron chi connectivity index (χ2n) is 5.66. The molecule has 1 N–H and O–H groups in total. The van der Waals surface area contributed by atoms with E-state index in [9.17, 15) is 4.79 Å². The van der Waals surface area contributed by atoms with Gasteiger partial charge in [0, 0.05) is 17.1 Å². The summed E-state index contributed by atoms with van der Waals surface area (Å²) in [5.41, 5.74) is 1.58. The third-order valence-corrected chi connectivity index (χ3v) is 4.93. The van der Waals surface area contributed by atoms with Crippen molar-refractivity contribution in [3.63, 3.8) is 0 Å². The number of hydrogen-bond donors (Lipinski definition) is 1. The second-order valence-corrected chi connectivity index (χ2v) is 7.02. The van der Waals surface area contributed by atoms with E-state index >= 15 is 0 Å². The van der Waals surface area contributed by atoms with E-state index < -0.39 is 0 Å². The number of carbonyl (C=O) groups is 1. The summed E-state index contributed by atoms with van der Waals surface area (Å²) < 4.78 is 10.5. The summed E-state index contributed by atoms with van der Waals surface area (Å²) in [6.45, 7) is 1.86. The molecule has 0 bridgehead atoms. The molecule has 134 valence electrons. The van der Waals surface area contributed by atoms with Gasteiger partial charge in [0.15, 0.2) is 11.5 Å². The van der Waals surface area contributed by atoms with E-state index in [1.807, 2.05) is 43.3 Å². The van der Waals surface area contributed by atoms with Gasteiger partial charge >= 0.3 is 0 Å². The van der Waals surface area contributed by atoms with Gasteiger partial charge in [0.25, 0.3) is 0 Å². The average molecular weight is 368 g/mol. The molecular formula is C20H20N2O3S. The maximum atomic E-state index is 12.5. The maximum absolute atomic E-state index is 12.5. The first kappa shape index (κ1) is 18.1. The Morgan fingerprint density at radius 1 is 1.04 bits per heavy atom. The lowest BCUT2D eigenvalue weighted by molar-refractivity contribution is -0.115. The van der Waals surface area contributed by atoms with E-state index in [1.165, 1.54) is 11.8 Å². The topological polar surface area (TPSA) is 60.5 Å². The summed E-state index contributed by atoms with van der Waals surface area (Å²) in [6.07, 6.45) is 0. The predicted molar refractivity (Wildman–Crippen MR) is 105 cm³/mol. The predicted octanol–water partition coefficient (Wildman–Crippen LogP) is 4.37. The molecule has 0 aliphatic rings. The summed E-state index contributed by atoms with van der Waals surface area (Å²) >= 11 is 1.42. The summed E-state index contributed by atoms with van der Waals surface area (Å²) in [5, 5.41) is 4.51. The van der Waals surface area contributed by atoms with Crippen LogP contribution >= 0.6 is 11.8 Å². The number of hydrogen-bond acceptors (Lipinski definition) is 5. The van der Waals surface area contributed by atoms with Crippen molar-refractivity contribution in [3.8, 4) is 11.5 Å². The fourth-order valence-corrected chi connectivity index (χ4v) is 3.33. The molecule has 0 fully saturated rings. The lowest BCUT2D eigenvalue weighted by atomic mass is 10.2. The number of fused-ring (bicyclic) bond motifs is 1. The van der Waals surface area contributed by atoms with Gasteiger partial charge in [-0.05, 0) is 31.2 Å². The maximum Gasteiger partial charge on any atom is 0.237 e. The molecule has 1 atom stereocenters. The van der Waals surface area contributed by atoms with Gasteiger partial charge in [-0.25, -0.2) is 4.98 Å². The Kier molecular flexibility index (Phi) is 5.63. The smallest absolute Gasteiger partial charge is 0.237 e. The van der Waals surface area contributed by atoms with Crippen LogP contribution in [0.5, 0.6) is 11.5 Å². The van der Waals surface area contributed by atoms with Crippen molar-refractivity contribution < 1.29 is 14.3 Å². The zero-order valence-electron chi connectivity index (χ0n) is 14.9. The first-order valence-electron chi connectivity index (χ1n) is 8.16. The molecule has 5 nitrogen and oxygen atoms in total. The number of methoxy groups -OCH3 is 2. The van der Waals surface area contributed by atoms with Crippen LogP contribution in [0.4, 0.5) is 5.69 Å². The van der Waals surface area contributed by atoms with E-state index in [2.05, 4.69) is 10.3 Å². The largest absolute Gasteiger partial charge is 0.493 e. The lowest BCUT2D eigenvalue weighted by Gasteiger charge is -2.14. The Labute approximate surface area is 156 Å². The molecule has 2 aromatic carbocycles. The molecule has 0 aliphatic heterocycles. The molecule has 1 heterocycles. The summed E-state index contributed by atoms with van der Waals surface area (Å²) in [7, 11) is 3.14. The van der Waals surface area contributed by atoms with Crippen LogP contribution in [0.2, 0.25) is 0 Å². The van der Waals surface area contributed by atoms with Gasteiger partial charge in [0.05, 0.1) is 30.0 Å². The van der Waals surface area contributed by atoms with Crippen LogP contribution in [0, 0.1) is 0 Å². The average Bonchev–Trinajstić information content (AvgIpc) is 2.67. The highest BCUT2D eigenvalue weighted by Gasteiger charge is 2.16. The minimum Gasteiger partial charge on any atom is -0.493 e. The fraction of sp³-hybridized carbons (Fsp3) is 0.200. The van der Waals surface area contributed by atoms with Gasteiger partial charge in [-0.1, -0.05) is 36.0 Å². The Morgan fingerprint density at radius 2 is 1.81 bits per heavy atom. The number of pyridine rings is 1. The van der Waals surface area contributed by atoms with Crippen LogP contribution in [0.1, 0.15) is 6.92 Å². The van der Waals surface area contributed by atoms with Crippen molar-refractivity contribution in [3.05, 3.63) is 54.6 Å². The van der Waals surface area contributed by atoms with Gasteiger partial charge < -0.3 is 14.8 Å². The van der Waals surface area contributed by atoms with Crippen molar-refractivity contribution in [2.45, 2.75) is 17.2 Å². The molecule has 0 saturated heterocycles. The summed E-state index contributed by atoms with van der Waals surface area (Å²) in [4.78, 5) is 17.1. The highest BCUT2D eigenvalue weighted by atomic mass is 32.2. The number of nitrogens with zero attached hydrogens (tertiary/aromatic N) is 1. The van der Waals surface area contributed by atoms with Crippen LogP contribution in [0.25, 0.3) is 10.9 Å². The van der Waals surface area contributed by atoms with E-state index in [-0.39, 0.29) is 11.2 Å². The molecule has 0 spiro atoms. The van der Waals surface area contributed by atoms with Crippen molar-refractivity contribution in [2.75, 3.05) is 19.5 Å². The van der Waals surface area contributed by atoms with Crippen LogP contribution in [0.3, 0.4) is 0 Å². The van der Waals surface area contributed by atoms with Gasteiger partial charge in [0.1, 0.15) is 0 Å². The van der Waals surface area contributed by atoms with Crippen molar-refractivity contribution in [1.29, 1.82) is 0 Å². The Balaban J connectivity index is 1.69. The van der Waals surface area contributed by atoms with Gasteiger partial charge in [-0.3, -0.25) is 4.79 Å². The molecule has 0 saturated carbocycles. The monoisotopic (exact) mass is 368 g/mol. The van der Waals surface area contributed by atoms with Gasteiger partial charge in [0.2, 0.25) is 5.91 Å². The van der Waals surface area contributed by atoms with Crippen LogP contribution < -0.4 is 14.8 Å². The van der Waals surface area contributed by atoms with Crippen LogP contribution in [0.15, 0.2) is 59.6 Å². The number of thioether (sulfide) groups is 1. The van der Waals surface area contributed by atoms with Crippen molar-refractivity contribution in [2.24, 2.45) is 0 Å². The third kappa shape index (κ3) is 4.08. The molecule has 3 aromatic rings. The van der Waals surface area contributed by atoms with Gasteiger partial charge in [-0.15, -0.1) is 0 Å². The zero-order valence-corrected chi connectivity index (χ0v) is 15.7.